The number of benzene rings is 1. The van der Waals surface area contributed by atoms with Gasteiger partial charge in [0.05, 0.1) is 5.69 Å². The van der Waals surface area contributed by atoms with E-state index in [1.807, 2.05) is 12.1 Å². The predicted octanol–water partition coefficient (Wildman–Crippen LogP) is 2.53. The monoisotopic (exact) mass is 259 g/mol. The summed E-state index contributed by atoms with van der Waals surface area (Å²) in [5.74, 6) is 0.900. The summed E-state index contributed by atoms with van der Waals surface area (Å²) in [6.45, 7) is 5.71. The summed E-state index contributed by atoms with van der Waals surface area (Å²) in [7, 11) is 0. The van der Waals surface area contributed by atoms with Crippen LogP contribution in [0.4, 0.5) is 4.39 Å². The Bertz CT molecular complexity index is 616. The van der Waals surface area contributed by atoms with Crippen molar-refractivity contribution in [2.75, 3.05) is 6.54 Å². The lowest BCUT2D eigenvalue weighted by atomic mass is 10.1. The number of hydrogen-bond acceptors (Lipinski definition) is 2. The van der Waals surface area contributed by atoms with E-state index in [4.69, 9.17) is 4.98 Å². The first-order valence-electron chi connectivity index (χ1n) is 6.77. The highest BCUT2D eigenvalue weighted by molar-refractivity contribution is 5.41. The standard InChI is InChI=1S/C15H18FN3/c1-3-15-18-13-9-17-7-6-14(13)19(15)11-4-5-12(16)10(2)8-11/h4-5,8,17H,3,6-7,9H2,1-2H3. The third kappa shape index (κ3) is 2.06. The Labute approximate surface area is 112 Å². The minimum absolute atomic E-state index is 0.155. The third-order valence-corrected chi connectivity index (χ3v) is 3.67. The molecular weight excluding hydrogens is 241 g/mol. The molecule has 19 heavy (non-hydrogen) atoms. The molecule has 0 amide bonds. The normalized spacial score (nSPS) is 14.5. The Kier molecular flexibility index (Phi) is 3.11. The van der Waals surface area contributed by atoms with Crippen molar-refractivity contribution in [1.82, 2.24) is 14.9 Å². The number of halogens is 1. The topological polar surface area (TPSA) is 29.9 Å². The van der Waals surface area contributed by atoms with Crippen molar-refractivity contribution < 1.29 is 4.39 Å². The van der Waals surface area contributed by atoms with Crippen LogP contribution in [0.3, 0.4) is 0 Å². The molecule has 0 spiro atoms. The Morgan fingerprint density at radius 1 is 1.42 bits per heavy atom. The minimum atomic E-state index is -0.155. The van der Waals surface area contributed by atoms with E-state index in [1.54, 1.807) is 6.92 Å². The first-order valence-corrected chi connectivity index (χ1v) is 6.77. The van der Waals surface area contributed by atoms with Gasteiger partial charge in [0.1, 0.15) is 11.6 Å². The molecule has 3 rings (SSSR count). The van der Waals surface area contributed by atoms with E-state index < -0.39 is 0 Å². The second kappa shape index (κ2) is 4.78. The largest absolute Gasteiger partial charge is 0.311 e. The molecule has 0 fully saturated rings. The fourth-order valence-corrected chi connectivity index (χ4v) is 2.68. The van der Waals surface area contributed by atoms with Crippen molar-refractivity contribution in [1.29, 1.82) is 0 Å². The Hall–Kier alpha value is -1.68. The van der Waals surface area contributed by atoms with Crippen LogP contribution in [-0.4, -0.2) is 16.1 Å². The molecule has 0 saturated carbocycles. The maximum absolute atomic E-state index is 13.4. The van der Waals surface area contributed by atoms with Crippen molar-refractivity contribution in [3.63, 3.8) is 0 Å². The van der Waals surface area contributed by atoms with Crippen molar-refractivity contribution in [2.45, 2.75) is 33.2 Å². The number of nitrogens with one attached hydrogen (secondary N) is 1. The lowest BCUT2D eigenvalue weighted by Crippen LogP contribution is -2.24. The average molecular weight is 259 g/mol. The van der Waals surface area contributed by atoms with Crippen LogP contribution in [0.15, 0.2) is 18.2 Å². The summed E-state index contributed by atoms with van der Waals surface area (Å²) in [6.07, 6.45) is 1.85. The van der Waals surface area contributed by atoms with Gasteiger partial charge in [0, 0.05) is 37.3 Å². The summed E-state index contributed by atoms with van der Waals surface area (Å²) < 4.78 is 15.6. The van der Waals surface area contributed by atoms with Crippen molar-refractivity contribution in [3.05, 3.63) is 46.8 Å². The zero-order chi connectivity index (χ0) is 13.4. The first-order chi connectivity index (χ1) is 9.20. The lowest BCUT2D eigenvalue weighted by molar-refractivity contribution is 0.614. The van der Waals surface area contributed by atoms with E-state index >= 15 is 0 Å². The van der Waals surface area contributed by atoms with Crippen LogP contribution in [-0.2, 0) is 19.4 Å². The molecule has 0 atom stereocenters. The molecule has 0 bridgehead atoms. The highest BCUT2D eigenvalue weighted by Crippen LogP contribution is 2.23. The molecule has 1 N–H and O–H groups in total. The maximum Gasteiger partial charge on any atom is 0.126 e. The molecule has 1 aliphatic rings. The summed E-state index contributed by atoms with van der Waals surface area (Å²) in [5, 5.41) is 3.34. The Morgan fingerprint density at radius 3 is 3.00 bits per heavy atom. The number of hydrogen-bond donors (Lipinski definition) is 1. The number of nitrogens with zero attached hydrogens (tertiary/aromatic N) is 2. The molecule has 2 aromatic rings. The van der Waals surface area contributed by atoms with E-state index in [2.05, 4.69) is 16.8 Å². The zero-order valence-corrected chi connectivity index (χ0v) is 11.3. The SMILES string of the molecule is CCc1nc2c(n1-c1ccc(F)c(C)c1)CCNC2. The van der Waals surface area contributed by atoms with Crippen LogP contribution in [0.1, 0.15) is 29.7 Å². The molecule has 3 nitrogen and oxygen atoms in total. The van der Waals surface area contributed by atoms with Gasteiger partial charge < -0.3 is 9.88 Å². The fourth-order valence-electron chi connectivity index (χ4n) is 2.68. The van der Waals surface area contributed by atoms with E-state index in [0.29, 0.717) is 5.56 Å². The van der Waals surface area contributed by atoms with Gasteiger partial charge in [0.15, 0.2) is 0 Å². The molecule has 0 saturated heterocycles. The van der Waals surface area contributed by atoms with Crippen molar-refractivity contribution in [3.8, 4) is 5.69 Å². The van der Waals surface area contributed by atoms with Crippen molar-refractivity contribution in [2.24, 2.45) is 0 Å². The summed E-state index contributed by atoms with van der Waals surface area (Å²) in [6, 6.07) is 5.28. The van der Waals surface area contributed by atoms with Crippen LogP contribution in [0.2, 0.25) is 0 Å². The van der Waals surface area contributed by atoms with E-state index in [9.17, 15) is 4.39 Å². The van der Waals surface area contributed by atoms with Gasteiger partial charge in [-0.3, -0.25) is 0 Å². The summed E-state index contributed by atoms with van der Waals surface area (Å²) in [5.41, 5.74) is 4.09. The average Bonchev–Trinajstić information content (AvgIpc) is 2.80. The van der Waals surface area contributed by atoms with Gasteiger partial charge in [-0.2, -0.15) is 0 Å². The second-order valence-corrected chi connectivity index (χ2v) is 4.97. The predicted molar refractivity (Wildman–Crippen MR) is 73.0 cm³/mol. The number of imidazole rings is 1. The second-order valence-electron chi connectivity index (χ2n) is 4.97. The van der Waals surface area contributed by atoms with Gasteiger partial charge in [-0.1, -0.05) is 6.92 Å². The maximum atomic E-state index is 13.4. The molecule has 4 heteroatoms. The lowest BCUT2D eigenvalue weighted by Gasteiger charge is -2.16. The van der Waals surface area contributed by atoms with Crippen molar-refractivity contribution >= 4 is 0 Å². The minimum Gasteiger partial charge on any atom is -0.311 e. The molecule has 2 heterocycles. The van der Waals surface area contributed by atoms with Gasteiger partial charge in [-0.15, -0.1) is 0 Å². The molecule has 0 radical (unpaired) electrons. The van der Waals surface area contributed by atoms with Gasteiger partial charge in [-0.05, 0) is 30.7 Å². The van der Waals surface area contributed by atoms with Crippen LogP contribution >= 0.6 is 0 Å². The molecule has 1 aliphatic heterocycles. The quantitative estimate of drug-likeness (QED) is 0.898. The number of rotatable bonds is 2. The van der Waals surface area contributed by atoms with Gasteiger partial charge in [0.25, 0.3) is 0 Å². The van der Waals surface area contributed by atoms with Crippen LogP contribution in [0.5, 0.6) is 0 Å². The smallest absolute Gasteiger partial charge is 0.126 e. The highest BCUT2D eigenvalue weighted by Gasteiger charge is 2.20. The van der Waals surface area contributed by atoms with Crippen LogP contribution in [0, 0.1) is 12.7 Å². The van der Waals surface area contributed by atoms with Gasteiger partial charge in [0.2, 0.25) is 0 Å². The Morgan fingerprint density at radius 2 is 2.26 bits per heavy atom. The summed E-state index contributed by atoms with van der Waals surface area (Å²) >= 11 is 0. The first kappa shape index (κ1) is 12.4. The summed E-state index contributed by atoms with van der Waals surface area (Å²) in [4.78, 5) is 4.70. The molecule has 1 aromatic carbocycles. The number of fused-ring (bicyclic) bond motifs is 1. The van der Waals surface area contributed by atoms with E-state index in [-0.39, 0.29) is 5.82 Å². The molecule has 0 aliphatic carbocycles. The highest BCUT2D eigenvalue weighted by atomic mass is 19.1. The van der Waals surface area contributed by atoms with E-state index in [0.717, 1.165) is 43.1 Å². The molecular formula is C15H18FN3. The van der Waals surface area contributed by atoms with Crippen LogP contribution in [0.25, 0.3) is 5.69 Å². The number of aromatic nitrogens is 2. The molecule has 100 valence electrons. The molecule has 0 unspecified atom stereocenters. The number of aryl methyl sites for hydroxylation is 2. The molecule has 1 aromatic heterocycles. The van der Waals surface area contributed by atoms with Crippen LogP contribution < -0.4 is 5.32 Å². The Balaban J connectivity index is 2.17. The zero-order valence-electron chi connectivity index (χ0n) is 11.3. The van der Waals surface area contributed by atoms with Gasteiger partial charge in [-0.25, -0.2) is 9.37 Å². The van der Waals surface area contributed by atoms with Gasteiger partial charge >= 0.3 is 0 Å². The fraction of sp³-hybridized carbons (Fsp3) is 0.400. The van der Waals surface area contributed by atoms with E-state index in [1.165, 1.54) is 11.8 Å². The third-order valence-electron chi connectivity index (χ3n) is 3.67.